The summed E-state index contributed by atoms with van der Waals surface area (Å²) in [7, 11) is 2.17. The Morgan fingerprint density at radius 2 is 1.81 bits per heavy atom. The fraction of sp³-hybridized carbons (Fsp3) is 0.667. The quantitative estimate of drug-likeness (QED) is 0.927. The molecule has 1 saturated heterocycles. The Bertz CT molecular complexity index is 449. The van der Waals surface area contributed by atoms with Gasteiger partial charge in [0.15, 0.2) is 0 Å². The molecule has 1 heterocycles. The van der Waals surface area contributed by atoms with Crippen LogP contribution in [0.1, 0.15) is 44.9 Å². The molecule has 0 aliphatic carbocycles. The minimum Gasteiger partial charge on any atom is -0.394 e. The predicted molar refractivity (Wildman–Crippen MR) is 88.6 cm³/mol. The van der Waals surface area contributed by atoms with Crippen molar-refractivity contribution < 1.29 is 5.11 Å². The lowest BCUT2D eigenvalue weighted by atomic mass is 9.86. The molecule has 21 heavy (non-hydrogen) atoms. The van der Waals surface area contributed by atoms with Gasteiger partial charge in [0.1, 0.15) is 0 Å². The van der Waals surface area contributed by atoms with Crippen LogP contribution in [0.4, 0.5) is 0 Å². The molecule has 2 unspecified atom stereocenters. The van der Waals surface area contributed by atoms with Crippen molar-refractivity contribution in [2.75, 3.05) is 33.3 Å². The Labute approximate surface area is 129 Å². The number of rotatable bonds is 3. The smallest absolute Gasteiger partial charge is 0.0628 e. The third-order valence-electron chi connectivity index (χ3n) is 4.62. The van der Waals surface area contributed by atoms with E-state index in [-0.39, 0.29) is 18.1 Å². The van der Waals surface area contributed by atoms with Crippen LogP contribution in [0.5, 0.6) is 0 Å². The summed E-state index contributed by atoms with van der Waals surface area (Å²) in [5.41, 5.74) is 2.74. The molecular weight excluding hydrogens is 260 g/mol. The highest BCUT2D eigenvalue weighted by Gasteiger charge is 2.28. The van der Waals surface area contributed by atoms with Gasteiger partial charge in [-0.25, -0.2) is 0 Å². The Morgan fingerprint density at radius 3 is 2.29 bits per heavy atom. The van der Waals surface area contributed by atoms with Gasteiger partial charge < -0.3 is 10.0 Å². The fourth-order valence-corrected chi connectivity index (χ4v) is 3.22. The van der Waals surface area contributed by atoms with E-state index in [4.69, 9.17) is 0 Å². The van der Waals surface area contributed by atoms with E-state index < -0.39 is 0 Å². The lowest BCUT2D eigenvalue weighted by molar-refractivity contribution is 0.0341. The van der Waals surface area contributed by atoms with E-state index in [0.717, 1.165) is 19.6 Å². The molecule has 0 saturated carbocycles. The molecule has 1 aliphatic rings. The molecule has 0 spiro atoms. The van der Waals surface area contributed by atoms with Crippen molar-refractivity contribution in [3.8, 4) is 0 Å². The van der Waals surface area contributed by atoms with Crippen LogP contribution in [0.2, 0.25) is 0 Å². The first-order valence-electron chi connectivity index (χ1n) is 7.98. The number of nitrogens with zero attached hydrogens (tertiary/aromatic N) is 2. The van der Waals surface area contributed by atoms with Crippen molar-refractivity contribution in [1.82, 2.24) is 9.80 Å². The van der Waals surface area contributed by atoms with Gasteiger partial charge in [-0.15, -0.1) is 0 Å². The van der Waals surface area contributed by atoms with Crippen molar-refractivity contribution in [3.63, 3.8) is 0 Å². The molecule has 1 aromatic carbocycles. The maximum Gasteiger partial charge on any atom is 0.0628 e. The molecule has 1 fully saturated rings. The summed E-state index contributed by atoms with van der Waals surface area (Å²) in [5, 5.41) is 9.89. The average Bonchev–Trinajstić information content (AvgIpc) is 2.41. The lowest BCUT2D eigenvalue weighted by Gasteiger charge is -2.42. The molecule has 0 bridgehead atoms. The van der Waals surface area contributed by atoms with Gasteiger partial charge in [0.2, 0.25) is 0 Å². The van der Waals surface area contributed by atoms with Crippen LogP contribution in [0.25, 0.3) is 0 Å². The molecule has 1 aliphatic heterocycles. The summed E-state index contributed by atoms with van der Waals surface area (Å²) in [6.07, 6.45) is 0. The second-order valence-electron chi connectivity index (χ2n) is 7.42. The summed E-state index contributed by atoms with van der Waals surface area (Å²) in [4.78, 5) is 4.80. The number of hydrogen-bond donors (Lipinski definition) is 1. The number of likely N-dealkylation sites (N-methyl/N-ethyl adjacent to an activating group) is 1. The first-order valence-corrected chi connectivity index (χ1v) is 7.98. The molecule has 1 aromatic rings. The van der Waals surface area contributed by atoms with Crippen LogP contribution < -0.4 is 0 Å². The van der Waals surface area contributed by atoms with Gasteiger partial charge in [-0.2, -0.15) is 0 Å². The zero-order chi connectivity index (χ0) is 15.6. The molecule has 3 nitrogen and oxygen atoms in total. The predicted octanol–water partition coefficient (Wildman–Crippen LogP) is 2.65. The summed E-state index contributed by atoms with van der Waals surface area (Å²) in [6, 6.07) is 9.38. The SMILES string of the molecule is CC1CN(C)CCN1C(CO)c1ccc(C(C)(C)C)cc1. The molecule has 1 N–H and O–H groups in total. The van der Waals surface area contributed by atoms with Crippen LogP contribution >= 0.6 is 0 Å². The highest BCUT2D eigenvalue weighted by atomic mass is 16.3. The molecular formula is C18H30N2O. The van der Waals surface area contributed by atoms with Crippen molar-refractivity contribution in [1.29, 1.82) is 0 Å². The first kappa shape index (κ1) is 16.5. The highest BCUT2D eigenvalue weighted by molar-refractivity contribution is 5.29. The first-order chi connectivity index (χ1) is 9.82. The second kappa shape index (κ2) is 6.47. The number of hydrogen-bond acceptors (Lipinski definition) is 3. The minimum atomic E-state index is 0.114. The number of aliphatic hydroxyl groups is 1. The van der Waals surface area contributed by atoms with E-state index in [1.807, 2.05) is 0 Å². The summed E-state index contributed by atoms with van der Waals surface area (Å²) >= 11 is 0. The third-order valence-corrected chi connectivity index (χ3v) is 4.62. The third kappa shape index (κ3) is 3.85. The van der Waals surface area contributed by atoms with Gasteiger partial charge in [-0.1, -0.05) is 45.0 Å². The monoisotopic (exact) mass is 290 g/mol. The van der Waals surface area contributed by atoms with E-state index in [1.165, 1.54) is 11.1 Å². The minimum absolute atomic E-state index is 0.114. The van der Waals surface area contributed by atoms with Gasteiger partial charge >= 0.3 is 0 Å². The Hall–Kier alpha value is -0.900. The lowest BCUT2D eigenvalue weighted by Crippen LogP contribution is -2.52. The Balaban J connectivity index is 2.17. The molecule has 0 aromatic heterocycles. The normalized spacial score (nSPS) is 23.2. The largest absolute Gasteiger partial charge is 0.394 e. The molecule has 0 radical (unpaired) electrons. The van der Waals surface area contributed by atoms with E-state index in [2.05, 4.69) is 68.8 Å². The highest BCUT2D eigenvalue weighted by Crippen LogP contribution is 2.28. The van der Waals surface area contributed by atoms with Crippen LogP contribution in [0, 0.1) is 0 Å². The molecule has 2 atom stereocenters. The Kier molecular flexibility index (Phi) is 5.07. The Morgan fingerprint density at radius 1 is 1.19 bits per heavy atom. The second-order valence-corrected chi connectivity index (χ2v) is 7.42. The van der Waals surface area contributed by atoms with Crippen LogP contribution in [-0.4, -0.2) is 54.2 Å². The standard InChI is InChI=1S/C18H30N2O/c1-14-12-19(5)10-11-20(14)17(13-21)15-6-8-16(9-7-15)18(2,3)4/h6-9,14,17,21H,10-13H2,1-5H3. The van der Waals surface area contributed by atoms with Crippen molar-refractivity contribution in [2.24, 2.45) is 0 Å². The van der Waals surface area contributed by atoms with Crippen LogP contribution in [-0.2, 0) is 5.41 Å². The van der Waals surface area contributed by atoms with Crippen LogP contribution in [0.3, 0.4) is 0 Å². The number of aliphatic hydroxyl groups excluding tert-OH is 1. The number of piperazine rings is 1. The van der Waals surface area contributed by atoms with Crippen molar-refractivity contribution >= 4 is 0 Å². The number of benzene rings is 1. The molecule has 2 rings (SSSR count). The maximum absolute atomic E-state index is 9.89. The molecule has 3 heteroatoms. The van der Waals surface area contributed by atoms with E-state index >= 15 is 0 Å². The van der Waals surface area contributed by atoms with Crippen molar-refractivity contribution in [2.45, 2.75) is 45.2 Å². The molecule has 0 amide bonds. The van der Waals surface area contributed by atoms with Gasteiger partial charge in [-0.3, -0.25) is 4.90 Å². The zero-order valence-electron chi connectivity index (χ0n) is 14.1. The average molecular weight is 290 g/mol. The van der Waals surface area contributed by atoms with Gasteiger partial charge in [-0.05, 0) is 30.5 Å². The zero-order valence-corrected chi connectivity index (χ0v) is 14.1. The van der Waals surface area contributed by atoms with Crippen LogP contribution in [0.15, 0.2) is 24.3 Å². The van der Waals surface area contributed by atoms with E-state index in [0.29, 0.717) is 6.04 Å². The fourth-order valence-electron chi connectivity index (χ4n) is 3.22. The van der Waals surface area contributed by atoms with Gasteiger partial charge in [0, 0.05) is 25.7 Å². The maximum atomic E-state index is 9.89. The van der Waals surface area contributed by atoms with Gasteiger partial charge in [0.25, 0.3) is 0 Å². The van der Waals surface area contributed by atoms with Gasteiger partial charge in [0.05, 0.1) is 12.6 Å². The van der Waals surface area contributed by atoms with E-state index in [1.54, 1.807) is 0 Å². The summed E-state index contributed by atoms with van der Waals surface area (Å²) < 4.78 is 0. The summed E-state index contributed by atoms with van der Waals surface area (Å²) in [6.45, 7) is 12.3. The van der Waals surface area contributed by atoms with Crippen molar-refractivity contribution in [3.05, 3.63) is 35.4 Å². The summed E-state index contributed by atoms with van der Waals surface area (Å²) in [5.74, 6) is 0. The topological polar surface area (TPSA) is 26.7 Å². The van der Waals surface area contributed by atoms with E-state index in [9.17, 15) is 5.11 Å². The molecule has 118 valence electrons.